The lowest BCUT2D eigenvalue weighted by Crippen LogP contribution is -2.48. The maximum atomic E-state index is 13.1. The number of carboxylic acid groups (broad SMARTS) is 1. The highest BCUT2D eigenvalue weighted by Gasteiger charge is 2.40. The Kier molecular flexibility index (Phi) is 4.59. The molecule has 2 aliphatic rings. The smallest absolute Gasteiger partial charge is 0.331 e. The third-order valence-corrected chi connectivity index (χ3v) is 5.66. The molecule has 2 aromatic heterocycles. The molecule has 0 radical (unpaired) electrons. The van der Waals surface area contributed by atoms with Crippen LogP contribution in [0.5, 0.6) is 0 Å². The van der Waals surface area contributed by atoms with E-state index in [1.807, 2.05) is 19.2 Å². The third kappa shape index (κ3) is 3.18. The highest BCUT2D eigenvalue weighted by Crippen LogP contribution is 2.34. The van der Waals surface area contributed by atoms with Gasteiger partial charge in [-0.3, -0.25) is 9.78 Å². The molecule has 1 unspecified atom stereocenters. The van der Waals surface area contributed by atoms with Crippen molar-refractivity contribution in [1.82, 2.24) is 9.88 Å². The van der Waals surface area contributed by atoms with Crippen LogP contribution < -0.4 is 4.90 Å². The number of nitrogens with zero attached hydrogens (tertiary/aromatic N) is 3. The van der Waals surface area contributed by atoms with Crippen LogP contribution in [0, 0.1) is 12.8 Å². The topological polar surface area (TPSA) is 86.9 Å². The van der Waals surface area contributed by atoms with Gasteiger partial charge in [0, 0.05) is 55.6 Å². The van der Waals surface area contributed by atoms with E-state index in [1.165, 1.54) is 11.2 Å². The Balaban J connectivity index is 1.46. The number of carbonyl (C=O) groups is 2. The number of aromatic nitrogens is 1. The minimum Gasteiger partial charge on any atom is -0.479 e. The van der Waals surface area contributed by atoms with Gasteiger partial charge in [0.15, 0.2) is 6.04 Å². The number of furan rings is 1. The molecule has 7 heteroatoms. The average molecular weight is 369 g/mol. The van der Waals surface area contributed by atoms with E-state index in [1.54, 1.807) is 12.3 Å². The van der Waals surface area contributed by atoms with Gasteiger partial charge in [0.05, 0.1) is 6.26 Å². The van der Waals surface area contributed by atoms with Crippen molar-refractivity contribution < 1.29 is 19.1 Å². The molecule has 27 heavy (non-hydrogen) atoms. The number of fused-ring (bicyclic) bond motifs is 1. The number of piperidine rings is 1. The van der Waals surface area contributed by atoms with E-state index < -0.39 is 12.0 Å². The SMILES string of the molecule is Cc1cnccc1N1CCC(C(=O)N2CCc3occc3C2C(=O)O)CC1. The Morgan fingerprint density at radius 1 is 1.22 bits per heavy atom. The molecule has 2 aromatic rings. The van der Waals surface area contributed by atoms with E-state index in [0.29, 0.717) is 24.3 Å². The molecule has 142 valence electrons. The fraction of sp³-hybridized carbons (Fsp3) is 0.450. The average Bonchev–Trinajstić information content (AvgIpc) is 3.15. The molecule has 0 aliphatic carbocycles. The van der Waals surface area contributed by atoms with Gasteiger partial charge in [-0.05, 0) is 37.5 Å². The Morgan fingerprint density at radius 2 is 2.00 bits per heavy atom. The quantitative estimate of drug-likeness (QED) is 0.894. The zero-order valence-electron chi connectivity index (χ0n) is 15.3. The van der Waals surface area contributed by atoms with Crippen molar-refractivity contribution >= 4 is 17.6 Å². The summed E-state index contributed by atoms with van der Waals surface area (Å²) in [4.78, 5) is 32.9. The maximum absolute atomic E-state index is 13.1. The van der Waals surface area contributed by atoms with Gasteiger partial charge in [0.25, 0.3) is 0 Å². The third-order valence-electron chi connectivity index (χ3n) is 5.66. The van der Waals surface area contributed by atoms with Crippen molar-refractivity contribution in [2.75, 3.05) is 24.5 Å². The summed E-state index contributed by atoms with van der Waals surface area (Å²) in [5.41, 5.74) is 2.88. The van der Waals surface area contributed by atoms with E-state index in [4.69, 9.17) is 4.42 Å². The number of rotatable bonds is 3. The molecule has 4 rings (SSSR count). The second-order valence-electron chi connectivity index (χ2n) is 7.25. The fourth-order valence-corrected chi connectivity index (χ4v) is 4.24. The van der Waals surface area contributed by atoms with E-state index >= 15 is 0 Å². The van der Waals surface area contributed by atoms with Crippen molar-refractivity contribution in [3.8, 4) is 0 Å². The number of anilines is 1. The predicted octanol–water partition coefficient (Wildman–Crippen LogP) is 2.41. The van der Waals surface area contributed by atoms with Crippen molar-refractivity contribution in [2.24, 2.45) is 5.92 Å². The number of hydrogen-bond acceptors (Lipinski definition) is 5. The molecule has 0 spiro atoms. The lowest BCUT2D eigenvalue weighted by atomic mass is 9.91. The van der Waals surface area contributed by atoms with Crippen LogP contribution in [0.3, 0.4) is 0 Å². The second-order valence-corrected chi connectivity index (χ2v) is 7.25. The Bertz CT molecular complexity index is 854. The maximum Gasteiger partial charge on any atom is 0.331 e. The molecule has 0 saturated carbocycles. The number of carboxylic acids is 1. The molecule has 0 aromatic carbocycles. The van der Waals surface area contributed by atoms with E-state index in [9.17, 15) is 14.7 Å². The first-order valence-electron chi connectivity index (χ1n) is 9.31. The first-order valence-corrected chi connectivity index (χ1v) is 9.31. The number of pyridine rings is 1. The van der Waals surface area contributed by atoms with Crippen LogP contribution in [0.15, 0.2) is 35.2 Å². The first kappa shape index (κ1) is 17.6. The van der Waals surface area contributed by atoms with Gasteiger partial charge >= 0.3 is 5.97 Å². The molecule has 1 amide bonds. The van der Waals surface area contributed by atoms with Crippen LogP contribution in [0.1, 0.15) is 35.8 Å². The summed E-state index contributed by atoms with van der Waals surface area (Å²) in [6, 6.07) is 2.73. The molecule has 1 N–H and O–H groups in total. The highest BCUT2D eigenvalue weighted by molar-refractivity contribution is 5.87. The number of hydrogen-bond donors (Lipinski definition) is 1. The summed E-state index contributed by atoms with van der Waals surface area (Å²) in [6.45, 7) is 3.99. The summed E-state index contributed by atoms with van der Waals surface area (Å²) in [5.74, 6) is -0.524. The summed E-state index contributed by atoms with van der Waals surface area (Å²) < 4.78 is 5.37. The monoisotopic (exact) mass is 369 g/mol. The Morgan fingerprint density at radius 3 is 2.70 bits per heavy atom. The van der Waals surface area contributed by atoms with Crippen molar-refractivity contribution in [2.45, 2.75) is 32.2 Å². The van der Waals surface area contributed by atoms with Crippen molar-refractivity contribution in [3.63, 3.8) is 0 Å². The molecule has 4 heterocycles. The molecule has 2 aliphatic heterocycles. The largest absolute Gasteiger partial charge is 0.479 e. The van der Waals surface area contributed by atoms with E-state index in [2.05, 4.69) is 9.88 Å². The lowest BCUT2D eigenvalue weighted by molar-refractivity contribution is -0.153. The number of aliphatic carboxylic acids is 1. The Labute approximate surface area is 157 Å². The van der Waals surface area contributed by atoms with E-state index in [-0.39, 0.29) is 11.8 Å². The molecular weight excluding hydrogens is 346 g/mol. The second kappa shape index (κ2) is 7.06. The minimum absolute atomic E-state index is 0.0552. The van der Waals surface area contributed by atoms with Crippen LogP contribution in [0.4, 0.5) is 5.69 Å². The van der Waals surface area contributed by atoms with Crippen LogP contribution in [0.25, 0.3) is 0 Å². The molecular formula is C20H23N3O4. The van der Waals surface area contributed by atoms with E-state index in [0.717, 1.165) is 37.2 Å². The molecule has 7 nitrogen and oxygen atoms in total. The Hall–Kier alpha value is -2.83. The summed E-state index contributed by atoms with van der Waals surface area (Å²) in [5, 5.41) is 9.69. The normalized spacial score (nSPS) is 20.4. The van der Waals surface area contributed by atoms with Crippen molar-refractivity contribution in [1.29, 1.82) is 0 Å². The van der Waals surface area contributed by atoms with Crippen LogP contribution >= 0.6 is 0 Å². The number of amides is 1. The summed E-state index contributed by atoms with van der Waals surface area (Å²) in [7, 11) is 0. The van der Waals surface area contributed by atoms with Crippen molar-refractivity contribution in [3.05, 3.63) is 47.7 Å². The van der Waals surface area contributed by atoms with Gasteiger partial charge in [-0.15, -0.1) is 0 Å². The van der Waals surface area contributed by atoms with Gasteiger partial charge in [-0.2, -0.15) is 0 Å². The molecule has 1 fully saturated rings. The molecule has 0 bridgehead atoms. The standard InChI is InChI=1S/C20H23N3O4/c1-13-12-21-7-2-16(13)22-8-3-14(4-9-22)19(24)23-10-5-17-15(6-11-27-17)18(23)20(25)26/h2,6-7,11-12,14,18H,3-5,8-10H2,1H3,(H,25,26). The zero-order chi connectivity index (χ0) is 19.0. The van der Waals surface area contributed by atoms with Gasteiger partial charge in [0.1, 0.15) is 5.76 Å². The van der Waals surface area contributed by atoms with Gasteiger partial charge in [-0.25, -0.2) is 4.79 Å². The van der Waals surface area contributed by atoms with Gasteiger partial charge in [0.2, 0.25) is 5.91 Å². The minimum atomic E-state index is -1.00. The van der Waals surface area contributed by atoms with Gasteiger partial charge in [-0.1, -0.05) is 0 Å². The van der Waals surface area contributed by atoms with Gasteiger partial charge < -0.3 is 19.3 Å². The molecule has 1 atom stereocenters. The number of carbonyl (C=O) groups excluding carboxylic acids is 1. The molecule has 1 saturated heterocycles. The van der Waals surface area contributed by atoms with Crippen LogP contribution in [-0.2, 0) is 16.0 Å². The van der Waals surface area contributed by atoms with Crippen LogP contribution in [-0.4, -0.2) is 46.5 Å². The first-order chi connectivity index (χ1) is 13.1. The predicted molar refractivity (Wildman–Crippen MR) is 98.4 cm³/mol. The lowest BCUT2D eigenvalue weighted by Gasteiger charge is -2.38. The van der Waals surface area contributed by atoms with Crippen LogP contribution in [0.2, 0.25) is 0 Å². The zero-order valence-corrected chi connectivity index (χ0v) is 15.3. The highest BCUT2D eigenvalue weighted by atomic mass is 16.4. The summed E-state index contributed by atoms with van der Waals surface area (Å²) in [6.07, 6.45) is 7.15. The fourth-order valence-electron chi connectivity index (χ4n) is 4.24. The number of aryl methyl sites for hydroxylation is 1. The summed E-state index contributed by atoms with van der Waals surface area (Å²) >= 11 is 0.